The second-order valence-electron chi connectivity index (χ2n) is 7.00. The molecule has 1 aliphatic carbocycles. The second kappa shape index (κ2) is 6.63. The zero-order valence-corrected chi connectivity index (χ0v) is 14.9. The predicted molar refractivity (Wildman–Crippen MR) is 92.3 cm³/mol. The lowest BCUT2D eigenvalue weighted by Gasteiger charge is -2.32. The molecule has 1 saturated heterocycles. The third-order valence-electron chi connectivity index (χ3n) is 4.96. The molecule has 1 atom stereocenters. The van der Waals surface area contributed by atoms with Gasteiger partial charge >= 0.3 is 0 Å². The van der Waals surface area contributed by atoms with Crippen LogP contribution >= 0.6 is 0 Å². The zero-order valence-electron chi connectivity index (χ0n) is 14.9. The molecule has 0 spiro atoms. The van der Waals surface area contributed by atoms with Gasteiger partial charge in [0.1, 0.15) is 6.10 Å². The fourth-order valence-corrected chi connectivity index (χ4v) is 3.55. The fourth-order valence-electron chi connectivity index (χ4n) is 3.55. The van der Waals surface area contributed by atoms with Crippen molar-refractivity contribution in [1.82, 2.24) is 24.5 Å². The minimum atomic E-state index is -0.110. The molecule has 0 radical (unpaired) electrons. The normalized spacial score (nSPS) is 20.9. The number of aromatic nitrogens is 4. The second-order valence-corrected chi connectivity index (χ2v) is 7.00. The van der Waals surface area contributed by atoms with Gasteiger partial charge in [-0.25, -0.2) is 0 Å². The van der Waals surface area contributed by atoms with Crippen LogP contribution < -0.4 is 0 Å². The van der Waals surface area contributed by atoms with Crippen LogP contribution in [0.1, 0.15) is 59.8 Å². The van der Waals surface area contributed by atoms with Gasteiger partial charge in [0, 0.05) is 37.8 Å². The summed E-state index contributed by atoms with van der Waals surface area (Å²) in [6.45, 7) is 4.75. The van der Waals surface area contributed by atoms with Crippen LogP contribution in [0.25, 0.3) is 0 Å². The number of aryl methyl sites for hydroxylation is 2. The lowest BCUT2D eigenvalue weighted by molar-refractivity contribution is -0.0229. The van der Waals surface area contributed by atoms with E-state index in [4.69, 9.17) is 4.74 Å². The summed E-state index contributed by atoms with van der Waals surface area (Å²) >= 11 is 0. The average molecular weight is 343 g/mol. The smallest absolute Gasteiger partial charge is 0.257 e. The highest BCUT2D eigenvalue weighted by atomic mass is 16.5. The molecule has 7 nitrogen and oxygen atoms in total. The summed E-state index contributed by atoms with van der Waals surface area (Å²) in [6, 6.07) is 0. The van der Waals surface area contributed by atoms with Crippen molar-refractivity contribution in [3.63, 3.8) is 0 Å². The summed E-state index contributed by atoms with van der Waals surface area (Å²) in [4.78, 5) is 15.1. The minimum Gasteiger partial charge on any atom is -0.370 e. The van der Waals surface area contributed by atoms with E-state index in [0.717, 1.165) is 42.6 Å². The Morgan fingerprint density at radius 3 is 2.84 bits per heavy atom. The minimum absolute atomic E-state index is 0.0847. The molecule has 1 unspecified atom stereocenters. The van der Waals surface area contributed by atoms with Crippen molar-refractivity contribution in [1.29, 1.82) is 0 Å². The number of morpholine rings is 1. The summed E-state index contributed by atoms with van der Waals surface area (Å²) in [5.74, 6) is 0.588. The molecule has 4 rings (SSSR count). The van der Waals surface area contributed by atoms with E-state index in [9.17, 15) is 4.79 Å². The van der Waals surface area contributed by atoms with Crippen molar-refractivity contribution in [3.8, 4) is 0 Å². The van der Waals surface area contributed by atoms with E-state index < -0.39 is 0 Å². The molecule has 7 heteroatoms. The molecule has 0 aromatic carbocycles. The van der Waals surface area contributed by atoms with Crippen molar-refractivity contribution in [2.24, 2.45) is 7.05 Å². The molecule has 25 heavy (non-hydrogen) atoms. The number of ether oxygens (including phenoxy) is 1. The molecular formula is C18H25N5O2. The summed E-state index contributed by atoms with van der Waals surface area (Å²) in [7, 11) is 1.89. The van der Waals surface area contributed by atoms with Gasteiger partial charge in [-0.15, -0.1) is 0 Å². The van der Waals surface area contributed by atoms with Gasteiger partial charge in [0.15, 0.2) is 0 Å². The highest BCUT2D eigenvalue weighted by Gasteiger charge is 2.35. The van der Waals surface area contributed by atoms with Crippen LogP contribution in [-0.4, -0.2) is 50.1 Å². The molecule has 2 aromatic rings. The quantitative estimate of drug-likeness (QED) is 0.834. The number of carbonyl (C=O) groups is 1. The van der Waals surface area contributed by atoms with E-state index >= 15 is 0 Å². The third-order valence-corrected chi connectivity index (χ3v) is 4.96. The van der Waals surface area contributed by atoms with Crippen molar-refractivity contribution in [2.45, 2.75) is 44.8 Å². The fraction of sp³-hybridized carbons (Fsp3) is 0.611. The van der Waals surface area contributed by atoms with Gasteiger partial charge in [0.25, 0.3) is 5.91 Å². The monoisotopic (exact) mass is 343 g/mol. The van der Waals surface area contributed by atoms with E-state index in [1.807, 2.05) is 29.0 Å². The van der Waals surface area contributed by atoms with E-state index in [1.165, 1.54) is 0 Å². The van der Waals surface area contributed by atoms with E-state index in [1.54, 1.807) is 10.9 Å². The highest BCUT2D eigenvalue weighted by Crippen LogP contribution is 2.42. The van der Waals surface area contributed by atoms with Gasteiger partial charge < -0.3 is 9.64 Å². The standard InChI is InChI=1S/C18H25N5O2/c1-3-6-23-17(13-4-5-13)15(10-20-23)18(24)22-7-8-25-16(12-22)14-9-19-21(2)11-14/h9-11,13,16H,3-8,12H2,1-2H3. The van der Waals surface area contributed by atoms with Crippen LogP contribution in [-0.2, 0) is 18.3 Å². The first-order chi connectivity index (χ1) is 12.2. The van der Waals surface area contributed by atoms with Gasteiger partial charge in [-0.3, -0.25) is 14.2 Å². The zero-order chi connectivity index (χ0) is 17.4. The number of rotatable bonds is 5. The Kier molecular flexibility index (Phi) is 4.33. The Balaban J connectivity index is 1.54. The maximum absolute atomic E-state index is 13.1. The molecule has 1 amide bonds. The topological polar surface area (TPSA) is 65.2 Å². The number of hydrogen-bond donors (Lipinski definition) is 0. The summed E-state index contributed by atoms with van der Waals surface area (Å²) in [5.41, 5.74) is 2.93. The van der Waals surface area contributed by atoms with Gasteiger partial charge in [-0.1, -0.05) is 6.92 Å². The number of hydrogen-bond acceptors (Lipinski definition) is 4. The Hall–Kier alpha value is -2.15. The Morgan fingerprint density at radius 1 is 1.32 bits per heavy atom. The maximum Gasteiger partial charge on any atom is 0.257 e. The predicted octanol–water partition coefficient (Wildman–Crippen LogP) is 2.12. The number of amides is 1. The maximum atomic E-state index is 13.1. The van der Waals surface area contributed by atoms with Crippen molar-refractivity contribution in [2.75, 3.05) is 19.7 Å². The highest BCUT2D eigenvalue weighted by molar-refractivity contribution is 5.95. The molecule has 0 N–H and O–H groups in total. The van der Waals surface area contributed by atoms with Crippen LogP contribution in [0.4, 0.5) is 0 Å². The SMILES string of the molecule is CCCn1ncc(C(=O)N2CCOC(c3cnn(C)c3)C2)c1C1CC1. The molecule has 3 heterocycles. The van der Waals surface area contributed by atoms with Crippen LogP contribution in [0.2, 0.25) is 0 Å². The van der Waals surface area contributed by atoms with Gasteiger partial charge in [0.05, 0.1) is 36.8 Å². The van der Waals surface area contributed by atoms with Crippen LogP contribution in [0.3, 0.4) is 0 Å². The van der Waals surface area contributed by atoms with Crippen molar-refractivity contribution < 1.29 is 9.53 Å². The van der Waals surface area contributed by atoms with Gasteiger partial charge in [0.2, 0.25) is 0 Å². The first-order valence-corrected chi connectivity index (χ1v) is 9.12. The Labute approximate surface area is 147 Å². The lowest BCUT2D eigenvalue weighted by Crippen LogP contribution is -2.42. The van der Waals surface area contributed by atoms with E-state index in [0.29, 0.717) is 25.6 Å². The Bertz CT molecular complexity index is 761. The lowest BCUT2D eigenvalue weighted by atomic mass is 10.1. The molecule has 1 saturated carbocycles. The van der Waals surface area contributed by atoms with Crippen molar-refractivity contribution >= 4 is 5.91 Å². The van der Waals surface area contributed by atoms with E-state index in [2.05, 4.69) is 17.1 Å². The van der Waals surface area contributed by atoms with E-state index in [-0.39, 0.29) is 12.0 Å². The molecule has 2 aliphatic rings. The van der Waals surface area contributed by atoms with Gasteiger partial charge in [-0.05, 0) is 19.3 Å². The van der Waals surface area contributed by atoms with Crippen LogP contribution in [0, 0.1) is 0 Å². The molecule has 134 valence electrons. The number of carbonyl (C=O) groups excluding carboxylic acids is 1. The molecule has 2 aromatic heterocycles. The van der Waals surface area contributed by atoms with Crippen molar-refractivity contribution in [3.05, 3.63) is 35.4 Å². The van der Waals surface area contributed by atoms with Gasteiger partial charge in [-0.2, -0.15) is 10.2 Å². The van der Waals surface area contributed by atoms with Crippen LogP contribution in [0.5, 0.6) is 0 Å². The molecule has 1 aliphatic heterocycles. The molecule has 0 bridgehead atoms. The Morgan fingerprint density at radius 2 is 2.16 bits per heavy atom. The average Bonchev–Trinajstić information content (AvgIpc) is 3.23. The van der Waals surface area contributed by atoms with Crippen LogP contribution in [0.15, 0.2) is 18.6 Å². The largest absolute Gasteiger partial charge is 0.370 e. The summed E-state index contributed by atoms with van der Waals surface area (Å²) in [5, 5.41) is 8.70. The number of nitrogens with zero attached hydrogens (tertiary/aromatic N) is 5. The summed E-state index contributed by atoms with van der Waals surface area (Å²) in [6.07, 6.45) is 8.77. The first-order valence-electron chi connectivity index (χ1n) is 9.12. The summed E-state index contributed by atoms with van der Waals surface area (Å²) < 4.78 is 9.65. The molecular weight excluding hydrogens is 318 g/mol. The third kappa shape index (κ3) is 3.20. The first kappa shape index (κ1) is 16.3. The molecule has 2 fully saturated rings.